The highest BCUT2D eigenvalue weighted by Gasteiger charge is 2.54. The van der Waals surface area contributed by atoms with Crippen LogP contribution >= 0.6 is 0 Å². The van der Waals surface area contributed by atoms with Crippen molar-refractivity contribution in [2.24, 2.45) is 5.41 Å². The molecular formula is C32H42N6O5. The highest BCUT2D eigenvalue weighted by atomic mass is 16.6. The number of benzene rings is 2. The predicted molar refractivity (Wildman–Crippen MR) is 165 cm³/mol. The number of anilines is 2. The Bertz CT molecular complexity index is 1340. The lowest BCUT2D eigenvalue weighted by atomic mass is 9.71. The Kier molecular flexibility index (Phi) is 9.00. The van der Waals surface area contributed by atoms with Crippen LogP contribution in [0.15, 0.2) is 42.5 Å². The van der Waals surface area contributed by atoms with Gasteiger partial charge in [-0.1, -0.05) is 19.9 Å². The highest BCUT2D eigenvalue weighted by molar-refractivity contribution is 6.01. The van der Waals surface area contributed by atoms with Gasteiger partial charge in [0.2, 0.25) is 5.91 Å². The number of nitrogens with zero attached hydrogens (tertiary/aromatic N) is 5. The third-order valence-electron chi connectivity index (χ3n) is 9.35. The van der Waals surface area contributed by atoms with Crippen molar-refractivity contribution < 1.29 is 19.3 Å². The highest BCUT2D eigenvalue weighted by Crippen LogP contribution is 2.46. The molecular weight excluding hydrogens is 548 g/mol. The average Bonchev–Trinajstić information content (AvgIpc) is 3.34. The van der Waals surface area contributed by atoms with E-state index in [1.54, 1.807) is 24.1 Å². The van der Waals surface area contributed by atoms with Crippen molar-refractivity contribution >= 4 is 35.2 Å². The summed E-state index contributed by atoms with van der Waals surface area (Å²) in [5.74, 6) is -0.279. The second-order valence-electron chi connectivity index (χ2n) is 11.9. The van der Waals surface area contributed by atoms with Gasteiger partial charge in [-0.25, -0.2) is 0 Å². The van der Waals surface area contributed by atoms with E-state index < -0.39 is 6.04 Å². The van der Waals surface area contributed by atoms with Gasteiger partial charge in [0.25, 0.3) is 11.6 Å². The molecule has 1 spiro atoms. The van der Waals surface area contributed by atoms with Crippen LogP contribution in [-0.4, -0.2) is 91.2 Å². The fourth-order valence-electron chi connectivity index (χ4n) is 7.09. The SMILES string of the molecule is CC.CNC(=O)CCC(C=O)N1Cc2c(cccc2N2CC3(C2)CN(C2CCN(c4ccc([N+](=O)[O-])cc4)CC2)C3)C1=O. The van der Waals surface area contributed by atoms with Gasteiger partial charge >= 0.3 is 0 Å². The number of rotatable bonds is 9. The number of nitro benzene ring substituents is 1. The topological polar surface area (TPSA) is 119 Å². The van der Waals surface area contributed by atoms with Crippen molar-refractivity contribution in [3.63, 3.8) is 0 Å². The first-order valence-corrected chi connectivity index (χ1v) is 15.4. The van der Waals surface area contributed by atoms with Crippen LogP contribution in [0.5, 0.6) is 0 Å². The Morgan fingerprint density at radius 1 is 1.07 bits per heavy atom. The van der Waals surface area contributed by atoms with Gasteiger partial charge in [-0.05, 0) is 43.5 Å². The van der Waals surface area contributed by atoms with Crippen LogP contribution in [0.3, 0.4) is 0 Å². The molecule has 2 aromatic rings. The number of amides is 2. The first-order valence-electron chi connectivity index (χ1n) is 15.4. The number of hydrogen-bond acceptors (Lipinski definition) is 8. The first kappa shape index (κ1) is 30.5. The maximum absolute atomic E-state index is 13.2. The zero-order chi connectivity index (χ0) is 30.7. The second-order valence-corrected chi connectivity index (χ2v) is 11.9. The van der Waals surface area contributed by atoms with Crippen molar-refractivity contribution in [3.05, 3.63) is 63.7 Å². The molecule has 1 N–H and O–H groups in total. The Balaban J connectivity index is 0.00000180. The molecule has 230 valence electrons. The summed E-state index contributed by atoms with van der Waals surface area (Å²) in [4.78, 5) is 56.2. The Morgan fingerprint density at radius 2 is 1.74 bits per heavy atom. The molecule has 0 aromatic heterocycles. The van der Waals surface area contributed by atoms with Crippen LogP contribution in [-0.2, 0) is 16.1 Å². The molecule has 2 aromatic carbocycles. The number of nitrogens with one attached hydrogen (secondary N) is 1. The molecule has 0 radical (unpaired) electrons. The molecule has 4 heterocycles. The minimum atomic E-state index is -0.616. The van der Waals surface area contributed by atoms with Crippen LogP contribution in [0.25, 0.3) is 0 Å². The van der Waals surface area contributed by atoms with Gasteiger partial charge in [-0.2, -0.15) is 0 Å². The lowest BCUT2D eigenvalue weighted by Crippen LogP contribution is -2.74. The lowest BCUT2D eigenvalue weighted by molar-refractivity contribution is -0.384. The van der Waals surface area contributed by atoms with E-state index in [1.165, 1.54) is 0 Å². The Labute approximate surface area is 252 Å². The summed E-state index contributed by atoms with van der Waals surface area (Å²) in [6, 6.07) is 12.6. The van der Waals surface area contributed by atoms with E-state index in [4.69, 9.17) is 0 Å². The predicted octanol–water partition coefficient (Wildman–Crippen LogP) is 3.46. The lowest BCUT2D eigenvalue weighted by Gasteiger charge is -2.63. The number of aldehydes is 1. The fraction of sp³-hybridized carbons (Fsp3) is 0.531. The number of likely N-dealkylation sites (tertiary alicyclic amines) is 1. The summed E-state index contributed by atoms with van der Waals surface area (Å²) in [5.41, 5.74) is 4.17. The molecule has 0 aliphatic carbocycles. The van der Waals surface area contributed by atoms with Crippen LogP contribution in [0.4, 0.5) is 17.1 Å². The third kappa shape index (κ3) is 5.95. The number of nitro groups is 1. The van der Waals surface area contributed by atoms with Crippen LogP contribution < -0.4 is 15.1 Å². The molecule has 2 amide bonds. The van der Waals surface area contributed by atoms with Gasteiger partial charge in [0.05, 0.1) is 11.0 Å². The van der Waals surface area contributed by atoms with Crippen LogP contribution in [0.1, 0.15) is 55.5 Å². The smallest absolute Gasteiger partial charge is 0.269 e. The van der Waals surface area contributed by atoms with E-state index in [0.29, 0.717) is 30.0 Å². The maximum atomic E-state index is 13.2. The molecule has 43 heavy (non-hydrogen) atoms. The summed E-state index contributed by atoms with van der Waals surface area (Å²) in [5, 5.41) is 13.5. The summed E-state index contributed by atoms with van der Waals surface area (Å²) >= 11 is 0. The van der Waals surface area contributed by atoms with Crippen molar-refractivity contribution in [3.8, 4) is 0 Å². The van der Waals surface area contributed by atoms with Gasteiger partial charge in [-0.15, -0.1) is 0 Å². The summed E-state index contributed by atoms with van der Waals surface area (Å²) < 4.78 is 0. The van der Waals surface area contributed by atoms with Crippen LogP contribution in [0.2, 0.25) is 0 Å². The molecule has 1 atom stereocenters. The summed E-state index contributed by atoms with van der Waals surface area (Å²) in [6.07, 6.45) is 3.46. The molecule has 3 fully saturated rings. The second kappa shape index (κ2) is 12.7. The van der Waals surface area contributed by atoms with Crippen molar-refractivity contribution in [1.82, 2.24) is 15.1 Å². The van der Waals surface area contributed by atoms with E-state index in [2.05, 4.69) is 26.1 Å². The number of carbonyl (C=O) groups excluding carboxylic acids is 3. The zero-order valence-electron chi connectivity index (χ0n) is 25.3. The van der Waals surface area contributed by atoms with E-state index in [-0.39, 0.29) is 28.8 Å². The molecule has 11 heteroatoms. The van der Waals surface area contributed by atoms with Crippen molar-refractivity contribution in [1.29, 1.82) is 0 Å². The largest absolute Gasteiger partial charge is 0.371 e. The number of piperidine rings is 1. The molecule has 6 rings (SSSR count). The molecule has 1 unspecified atom stereocenters. The standard InChI is InChI=1S/C30H36N6O5.C2H6/c1-31-28(38)10-9-24(16-37)35-15-26-25(29(35)39)3-2-4-27(26)34-19-30(20-34)17-33(18-30)22-11-13-32(14-12-22)21-5-7-23(8-6-21)36(40)41;1-2/h2-8,16,22,24H,9-15,17-20H2,1H3,(H,31,38);1-2H3. The molecule has 11 nitrogen and oxygen atoms in total. The quantitative estimate of drug-likeness (QED) is 0.268. The third-order valence-corrected chi connectivity index (χ3v) is 9.35. The van der Waals surface area contributed by atoms with E-state index >= 15 is 0 Å². The number of hydrogen-bond donors (Lipinski definition) is 1. The minimum Gasteiger partial charge on any atom is -0.371 e. The van der Waals surface area contributed by atoms with Gasteiger partial charge in [0, 0.05) is 105 Å². The normalized spacial score (nSPS) is 20.0. The Hall–Kier alpha value is -3.99. The Morgan fingerprint density at radius 3 is 2.35 bits per heavy atom. The van der Waals surface area contributed by atoms with Crippen molar-refractivity contribution in [2.75, 3.05) is 56.1 Å². The van der Waals surface area contributed by atoms with Crippen molar-refractivity contribution in [2.45, 2.75) is 58.2 Å². The molecule has 0 saturated carbocycles. The van der Waals surface area contributed by atoms with Gasteiger partial charge < -0.3 is 24.8 Å². The summed E-state index contributed by atoms with van der Waals surface area (Å²) in [6.45, 7) is 10.4. The van der Waals surface area contributed by atoms with E-state index in [1.807, 2.05) is 38.1 Å². The van der Waals surface area contributed by atoms with Gasteiger partial charge in [0.15, 0.2) is 0 Å². The van der Waals surface area contributed by atoms with Gasteiger partial charge in [-0.3, -0.25) is 24.6 Å². The maximum Gasteiger partial charge on any atom is 0.269 e. The average molecular weight is 591 g/mol. The fourth-order valence-corrected chi connectivity index (χ4v) is 7.09. The molecule has 0 bridgehead atoms. The first-order chi connectivity index (χ1) is 20.8. The minimum absolute atomic E-state index is 0.122. The zero-order valence-corrected chi connectivity index (χ0v) is 25.3. The summed E-state index contributed by atoms with van der Waals surface area (Å²) in [7, 11) is 1.57. The van der Waals surface area contributed by atoms with E-state index in [0.717, 1.165) is 75.3 Å². The van der Waals surface area contributed by atoms with E-state index in [9.17, 15) is 24.5 Å². The molecule has 4 aliphatic heterocycles. The molecule has 3 saturated heterocycles. The molecule has 4 aliphatic rings. The number of non-ortho nitro benzene ring substituents is 1. The number of fused-ring (bicyclic) bond motifs is 1. The monoisotopic (exact) mass is 590 g/mol. The van der Waals surface area contributed by atoms with Gasteiger partial charge in [0.1, 0.15) is 6.29 Å². The van der Waals surface area contributed by atoms with Crippen LogP contribution in [0, 0.1) is 15.5 Å². The number of carbonyl (C=O) groups is 3.